The number of carbonyl (C=O) groups is 1. The Morgan fingerprint density at radius 1 is 1.23 bits per heavy atom. The van der Waals surface area contributed by atoms with Gasteiger partial charge < -0.3 is 11.2 Å². The molecule has 0 radical (unpaired) electrons. The predicted octanol–water partition coefficient (Wildman–Crippen LogP) is 3.11. The molecule has 3 aromatic rings. The van der Waals surface area contributed by atoms with Crippen molar-refractivity contribution in [1.82, 2.24) is 14.9 Å². The van der Waals surface area contributed by atoms with Crippen LogP contribution in [0.4, 0.5) is 10.1 Å². The largest absolute Gasteiger partial charge is 0.336 e. The average Bonchev–Trinajstić information content (AvgIpc) is 2.97. The molecule has 0 spiro atoms. The van der Waals surface area contributed by atoms with Gasteiger partial charge in [-0.1, -0.05) is 53.7 Å². The zero-order chi connectivity index (χ0) is 18.5. The van der Waals surface area contributed by atoms with Gasteiger partial charge in [0.1, 0.15) is 5.82 Å². The Balaban J connectivity index is 1.57. The van der Waals surface area contributed by atoms with E-state index in [4.69, 9.17) is 17.4 Å². The minimum atomic E-state index is -0.541. The number of rotatable bonds is 6. The highest BCUT2D eigenvalue weighted by Crippen LogP contribution is 2.20. The number of nitrogens with zero attached hydrogens (tertiary/aromatic N) is 3. The number of aromatic nitrogens is 3. The molecule has 3 rings (SSSR count). The molecule has 0 atom stereocenters. The molecule has 1 aromatic heterocycles. The number of nitrogens with two attached hydrogens (primary N) is 1. The van der Waals surface area contributed by atoms with Gasteiger partial charge in [0, 0.05) is 12.1 Å². The van der Waals surface area contributed by atoms with Gasteiger partial charge in [0.2, 0.25) is 11.1 Å². The van der Waals surface area contributed by atoms with Gasteiger partial charge >= 0.3 is 0 Å². The lowest BCUT2D eigenvalue weighted by atomic mass is 10.1. The second-order valence-corrected chi connectivity index (χ2v) is 6.75. The standard InChI is InChI=1S/C17H15ClFN5OS/c18-13-9-12(6-7-14(13)19)21-16(25)10-26-17-23-22-15(24(17)20)8-11-4-2-1-3-5-11/h1-7,9H,8,10,20H2,(H,21,25). The number of nitrogens with one attached hydrogen (secondary N) is 1. The number of thioether (sulfide) groups is 1. The third-order valence-corrected chi connectivity index (χ3v) is 4.71. The lowest BCUT2D eigenvalue weighted by Gasteiger charge is -2.06. The number of benzene rings is 2. The Morgan fingerprint density at radius 2 is 2.00 bits per heavy atom. The molecule has 0 fully saturated rings. The Kier molecular flexibility index (Phi) is 5.75. The van der Waals surface area contributed by atoms with Crippen LogP contribution in [0.1, 0.15) is 11.4 Å². The number of amides is 1. The molecule has 0 saturated carbocycles. The Morgan fingerprint density at radius 3 is 2.73 bits per heavy atom. The highest BCUT2D eigenvalue weighted by molar-refractivity contribution is 7.99. The average molecular weight is 392 g/mol. The van der Waals surface area contributed by atoms with Crippen molar-refractivity contribution < 1.29 is 9.18 Å². The molecule has 2 aromatic carbocycles. The summed E-state index contributed by atoms with van der Waals surface area (Å²) >= 11 is 6.85. The van der Waals surface area contributed by atoms with Crippen LogP contribution in [0.5, 0.6) is 0 Å². The van der Waals surface area contributed by atoms with Gasteiger partial charge in [-0.3, -0.25) is 4.79 Å². The zero-order valence-electron chi connectivity index (χ0n) is 13.5. The van der Waals surface area contributed by atoms with Crippen molar-refractivity contribution in [2.45, 2.75) is 11.6 Å². The quantitative estimate of drug-likeness (QED) is 0.498. The molecule has 0 aliphatic heterocycles. The van der Waals surface area contributed by atoms with Gasteiger partial charge in [-0.2, -0.15) is 0 Å². The SMILES string of the molecule is Nn1c(Cc2ccccc2)nnc1SCC(=O)Nc1ccc(F)c(Cl)c1. The van der Waals surface area contributed by atoms with Crippen LogP contribution in [0.2, 0.25) is 5.02 Å². The van der Waals surface area contributed by atoms with E-state index in [1.165, 1.54) is 22.9 Å². The molecule has 6 nitrogen and oxygen atoms in total. The van der Waals surface area contributed by atoms with E-state index in [9.17, 15) is 9.18 Å². The first-order chi connectivity index (χ1) is 12.5. The lowest BCUT2D eigenvalue weighted by Crippen LogP contribution is -2.17. The molecule has 0 aliphatic rings. The van der Waals surface area contributed by atoms with Crippen LogP contribution >= 0.6 is 23.4 Å². The number of halogens is 2. The fourth-order valence-electron chi connectivity index (χ4n) is 2.21. The van der Waals surface area contributed by atoms with Crippen LogP contribution in [-0.2, 0) is 11.2 Å². The van der Waals surface area contributed by atoms with Gasteiger partial charge in [-0.25, -0.2) is 9.07 Å². The van der Waals surface area contributed by atoms with Crippen LogP contribution in [0.3, 0.4) is 0 Å². The molecular formula is C17H15ClFN5OS. The van der Waals surface area contributed by atoms with Gasteiger partial charge in [-0.05, 0) is 23.8 Å². The fourth-order valence-corrected chi connectivity index (χ4v) is 3.06. The van der Waals surface area contributed by atoms with E-state index in [0.717, 1.165) is 17.3 Å². The van der Waals surface area contributed by atoms with E-state index in [-0.39, 0.29) is 16.7 Å². The van der Waals surface area contributed by atoms with Crippen molar-refractivity contribution in [3.63, 3.8) is 0 Å². The maximum Gasteiger partial charge on any atom is 0.234 e. The smallest absolute Gasteiger partial charge is 0.234 e. The monoisotopic (exact) mass is 391 g/mol. The Labute approximate surface area is 158 Å². The van der Waals surface area contributed by atoms with Gasteiger partial charge in [0.05, 0.1) is 10.8 Å². The van der Waals surface area contributed by atoms with Gasteiger partial charge in [0.15, 0.2) is 5.82 Å². The Bertz CT molecular complexity index is 919. The van der Waals surface area contributed by atoms with Crippen molar-refractivity contribution in [3.8, 4) is 0 Å². The second-order valence-electron chi connectivity index (χ2n) is 5.40. The van der Waals surface area contributed by atoms with E-state index < -0.39 is 5.82 Å². The summed E-state index contributed by atoms with van der Waals surface area (Å²) in [5.74, 6) is 5.86. The van der Waals surface area contributed by atoms with Crippen LogP contribution < -0.4 is 11.2 Å². The fraction of sp³-hybridized carbons (Fsp3) is 0.118. The molecule has 1 amide bonds. The summed E-state index contributed by atoms with van der Waals surface area (Å²) in [5.41, 5.74) is 1.48. The van der Waals surface area contributed by atoms with E-state index >= 15 is 0 Å². The van der Waals surface area contributed by atoms with E-state index in [0.29, 0.717) is 23.1 Å². The topological polar surface area (TPSA) is 85.8 Å². The highest BCUT2D eigenvalue weighted by atomic mass is 35.5. The number of anilines is 1. The van der Waals surface area contributed by atoms with Crippen molar-refractivity contribution >= 4 is 35.0 Å². The number of hydrogen-bond donors (Lipinski definition) is 2. The molecule has 134 valence electrons. The van der Waals surface area contributed by atoms with Crippen molar-refractivity contribution in [2.24, 2.45) is 0 Å². The summed E-state index contributed by atoms with van der Waals surface area (Å²) in [4.78, 5) is 12.0. The molecule has 3 N–H and O–H groups in total. The van der Waals surface area contributed by atoms with Crippen molar-refractivity contribution in [2.75, 3.05) is 16.9 Å². The summed E-state index contributed by atoms with van der Waals surface area (Å²) < 4.78 is 14.5. The normalized spacial score (nSPS) is 10.7. The minimum Gasteiger partial charge on any atom is -0.336 e. The summed E-state index contributed by atoms with van der Waals surface area (Å²) in [7, 11) is 0. The molecule has 0 saturated heterocycles. The highest BCUT2D eigenvalue weighted by Gasteiger charge is 2.13. The third-order valence-electron chi connectivity index (χ3n) is 3.48. The Hall–Kier alpha value is -2.58. The molecular weight excluding hydrogens is 377 g/mol. The summed E-state index contributed by atoms with van der Waals surface area (Å²) in [6.45, 7) is 0. The van der Waals surface area contributed by atoms with E-state index in [1.54, 1.807) is 0 Å². The summed E-state index contributed by atoms with van der Waals surface area (Å²) in [5, 5.41) is 11.1. The summed E-state index contributed by atoms with van der Waals surface area (Å²) in [6, 6.07) is 13.7. The predicted molar refractivity (Wildman–Crippen MR) is 100 cm³/mol. The van der Waals surface area contributed by atoms with Gasteiger partial charge in [-0.15, -0.1) is 10.2 Å². The van der Waals surface area contributed by atoms with Crippen molar-refractivity contribution in [3.05, 3.63) is 70.8 Å². The molecule has 0 unspecified atom stereocenters. The molecule has 0 bridgehead atoms. The maximum absolute atomic E-state index is 13.1. The molecule has 0 aliphatic carbocycles. The first-order valence-electron chi connectivity index (χ1n) is 7.64. The number of nitrogen functional groups attached to an aromatic ring is 1. The third kappa shape index (κ3) is 4.53. The van der Waals surface area contributed by atoms with Crippen LogP contribution in [0, 0.1) is 5.82 Å². The summed E-state index contributed by atoms with van der Waals surface area (Å²) in [6.07, 6.45) is 0.547. The maximum atomic E-state index is 13.1. The van der Waals surface area contributed by atoms with Crippen LogP contribution in [0.15, 0.2) is 53.7 Å². The molecule has 1 heterocycles. The van der Waals surface area contributed by atoms with Crippen LogP contribution in [0.25, 0.3) is 0 Å². The molecule has 26 heavy (non-hydrogen) atoms. The lowest BCUT2D eigenvalue weighted by molar-refractivity contribution is -0.113. The number of hydrogen-bond acceptors (Lipinski definition) is 5. The van der Waals surface area contributed by atoms with Gasteiger partial charge in [0.25, 0.3) is 0 Å². The first-order valence-corrected chi connectivity index (χ1v) is 9.00. The second kappa shape index (κ2) is 8.20. The van der Waals surface area contributed by atoms with E-state index in [2.05, 4.69) is 15.5 Å². The number of carbonyl (C=O) groups excluding carboxylic acids is 1. The van der Waals surface area contributed by atoms with Crippen LogP contribution in [-0.4, -0.2) is 26.5 Å². The van der Waals surface area contributed by atoms with Crippen molar-refractivity contribution in [1.29, 1.82) is 0 Å². The first kappa shape index (κ1) is 18.2. The minimum absolute atomic E-state index is 0.0530. The zero-order valence-corrected chi connectivity index (χ0v) is 15.1. The van der Waals surface area contributed by atoms with E-state index in [1.807, 2.05) is 30.3 Å². The molecule has 9 heteroatoms.